The summed E-state index contributed by atoms with van der Waals surface area (Å²) in [5.74, 6) is 0.0697. The van der Waals surface area contributed by atoms with Crippen molar-refractivity contribution in [3.05, 3.63) is 83.7 Å². The molecule has 0 bridgehead atoms. The minimum absolute atomic E-state index is 0.00609. The standard InChI is InChI=1S/C27H28N4O2/c1-18(32)20-7-10-24-23(17-20)25(27(33)29-24)26(28-21-11-15-30(2)16-12-21)19-5-8-22(9-6-19)31-13-3-4-14-31/h3-10,13-14,17,21,29,33H,11-12,15-16H2,1-2H3. The van der Waals surface area contributed by atoms with E-state index in [4.69, 9.17) is 4.99 Å². The van der Waals surface area contributed by atoms with E-state index < -0.39 is 0 Å². The maximum atomic E-state index is 12.0. The summed E-state index contributed by atoms with van der Waals surface area (Å²) in [7, 11) is 2.13. The van der Waals surface area contributed by atoms with E-state index in [1.807, 2.05) is 36.7 Å². The Hall–Kier alpha value is -3.64. The number of aromatic amines is 1. The fraction of sp³-hybridized carbons (Fsp3) is 0.259. The predicted octanol–water partition coefficient (Wildman–Crippen LogP) is 4.80. The van der Waals surface area contributed by atoms with Crippen LogP contribution in [-0.4, -0.2) is 57.2 Å². The SMILES string of the molecule is CC(=O)c1ccc2[nH]c(O)c(C(=NC3CCN(C)CC3)c3ccc(-n4cccc4)cc3)c2c1. The number of likely N-dealkylation sites (tertiary alicyclic amines) is 1. The van der Waals surface area contributed by atoms with Crippen LogP contribution in [0.5, 0.6) is 5.88 Å². The highest BCUT2D eigenvalue weighted by Gasteiger charge is 2.23. The van der Waals surface area contributed by atoms with Gasteiger partial charge >= 0.3 is 0 Å². The molecule has 168 valence electrons. The van der Waals surface area contributed by atoms with Gasteiger partial charge in [0.05, 0.1) is 17.3 Å². The number of hydrogen-bond acceptors (Lipinski definition) is 4. The number of fused-ring (bicyclic) bond motifs is 1. The summed E-state index contributed by atoms with van der Waals surface area (Å²) in [5, 5.41) is 11.7. The Morgan fingerprint density at radius 3 is 2.36 bits per heavy atom. The first-order valence-electron chi connectivity index (χ1n) is 11.4. The number of H-pyrrole nitrogens is 1. The van der Waals surface area contributed by atoms with E-state index in [0.29, 0.717) is 11.1 Å². The quantitative estimate of drug-likeness (QED) is 0.346. The number of piperidine rings is 1. The Bertz CT molecular complexity index is 1310. The molecule has 0 spiro atoms. The van der Waals surface area contributed by atoms with Gasteiger partial charge in [0.1, 0.15) is 0 Å². The minimum atomic E-state index is -0.00609. The molecule has 1 aliphatic heterocycles. The highest BCUT2D eigenvalue weighted by molar-refractivity contribution is 6.21. The molecule has 1 fully saturated rings. The Kier molecular flexibility index (Phi) is 5.60. The lowest BCUT2D eigenvalue weighted by atomic mass is 9.97. The van der Waals surface area contributed by atoms with Gasteiger partial charge in [-0.05, 0) is 82.4 Å². The van der Waals surface area contributed by atoms with Crippen LogP contribution in [0.4, 0.5) is 0 Å². The fourth-order valence-corrected chi connectivity index (χ4v) is 4.52. The predicted molar refractivity (Wildman–Crippen MR) is 132 cm³/mol. The third-order valence-corrected chi connectivity index (χ3v) is 6.47. The van der Waals surface area contributed by atoms with Crippen LogP contribution in [0.15, 0.2) is 72.0 Å². The molecule has 2 aromatic carbocycles. The molecule has 0 saturated carbocycles. The molecule has 2 aromatic heterocycles. The van der Waals surface area contributed by atoms with E-state index in [-0.39, 0.29) is 17.7 Å². The third kappa shape index (κ3) is 4.22. The summed E-state index contributed by atoms with van der Waals surface area (Å²) < 4.78 is 2.06. The van der Waals surface area contributed by atoms with Crippen molar-refractivity contribution in [2.75, 3.05) is 20.1 Å². The number of aliphatic imine (C=N–C) groups is 1. The molecule has 6 heteroatoms. The highest BCUT2D eigenvalue weighted by Crippen LogP contribution is 2.32. The van der Waals surface area contributed by atoms with E-state index in [0.717, 1.165) is 53.8 Å². The molecule has 3 heterocycles. The molecule has 33 heavy (non-hydrogen) atoms. The number of aromatic nitrogens is 2. The van der Waals surface area contributed by atoms with Gasteiger partial charge in [0.2, 0.25) is 0 Å². The fourth-order valence-electron chi connectivity index (χ4n) is 4.52. The minimum Gasteiger partial charge on any atom is -0.494 e. The third-order valence-electron chi connectivity index (χ3n) is 6.47. The Balaban J connectivity index is 1.64. The normalized spacial score (nSPS) is 15.9. The maximum Gasteiger partial charge on any atom is 0.199 e. The van der Waals surface area contributed by atoms with Crippen LogP contribution in [0.1, 0.15) is 41.3 Å². The second kappa shape index (κ2) is 8.71. The lowest BCUT2D eigenvalue weighted by Crippen LogP contribution is -2.32. The molecule has 0 amide bonds. The summed E-state index contributed by atoms with van der Waals surface area (Å²) >= 11 is 0. The van der Waals surface area contributed by atoms with Crippen LogP contribution in [0.2, 0.25) is 0 Å². The average molecular weight is 441 g/mol. The van der Waals surface area contributed by atoms with Crippen molar-refractivity contribution in [2.24, 2.45) is 4.99 Å². The van der Waals surface area contributed by atoms with Crippen LogP contribution >= 0.6 is 0 Å². The molecule has 0 aliphatic carbocycles. The number of carbonyl (C=O) groups excluding carboxylic acids is 1. The molecule has 5 rings (SSSR count). The van der Waals surface area contributed by atoms with Crippen molar-refractivity contribution < 1.29 is 9.90 Å². The van der Waals surface area contributed by atoms with Crippen LogP contribution in [0, 0.1) is 0 Å². The van der Waals surface area contributed by atoms with Gasteiger partial charge in [-0.1, -0.05) is 12.1 Å². The summed E-state index contributed by atoms with van der Waals surface area (Å²) in [6.07, 6.45) is 5.97. The number of ketones is 1. The van der Waals surface area contributed by atoms with Crippen LogP contribution in [0.25, 0.3) is 16.6 Å². The summed E-state index contributed by atoms with van der Waals surface area (Å²) in [6, 6.07) is 17.9. The Morgan fingerprint density at radius 1 is 1.03 bits per heavy atom. The number of benzene rings is 2. The van der Waals surface area contributed by atoms with Crippen LogP contribution in [0.3, 0.4) is 0 Å². The van der Waals surface area contributed by atoms with Gasteiger partial charge < -0.3 is 19.6 Å². The van der Waals surface area contributed by atoms with E-state index >= 15 is 0 Å². The largest absolute Gasteiger partial charge is 0.494 e. The number of Topliss-reactive ketones (excluding diaryl/α,β-unsaturated/α-hetero) is 1. The van der Waals surface area contributed by atoms with Gasteiger partial charge in [-0.2, -0.15) is 0 Å². The maximum absolute atomic E-state index is 12.0. The number of aromatic hydroxyl groups is 1. The van der Waals surface area contributed by atoms with Gasteiger partial charge in [0.15, 0.2) is 11.7 Å². The summed E-state index contributed by atoms with van der Waals surface area (Å²) in [4.78, 5) is 22.6. The molecule has 2 N–H and O–H groups in total. The highest BCUT2D eigenvalue weighted by atomic mass is 16.3. The number of rotatable bonds is 5. The lowest BCUT2D eigenvalue weighted by Gasteiger charge is -2.27. The van der Waals surface area contributed by atoms with Gasteiger partial charge in [0, 0.05) is 40.1 Å². The Labute approximate surface area is 193 Å². The zero-order valence-electron chi connectivity index (χ0n) is 19.0. The van der Waals surface area contributed by atoms with Crippen molar-refractivity contribution in [1.29, 1.82) is 0 Å². The first kappa shape index (κ1) is 21.2. The lowest BCUT2D eigenvalue weighted by molar-refractivity contribution is 0.101. The van der Waals surface area contributed by atoms with Gasteiger partial charge in [-0.15, -0.1) is 0 Å². The van der Waals surface area contributed by atoms with Crippen molar-refractivity contribution in [1.82, 2.24) is 14.5 Å². The molecular formula is C27H28N4O2. The van der Waals surface area contributed by atoms with Crippen molar-refractivity contribution in [3.63, 3.8) is 0 Å². The van der Waals surface area contributed by atoms with E-state index in [1.54, 1.807) is 13.0 Å². The first-order valence-corrected chi connectivity index (χ1v) is 11.4. The smallest absolute Gasteiger partial charge is 0.199 e. The summed E-state index contributed by atoms with van der Waals surface area (Å²) in [5.41, 5.74) is 4.81. The first-order chi connectivity index (χ1) is 16.0. The topological polar surface area (TPSA) is 73.6 Å². The molecule has 0 radical (unpaired) electrons. The molecule has 0 atom stereocenters. The number of nitrogens with zero attached hydrogens (tertiary/aromatic N) is 3. The van der Waals surface area contributed by atoms with E-state index in [9.17, 15) is 9.90 Å². The van der Waals surface area contributed by atoms with Crippen molar-refractivity contribution in [3.8, 4) is 11.6 Å². The van der Waals surface area contributed by atoms with Crippen LogP contribution < -0.4 is 0 Å². The molecule has 4 aromatic rings. The Morgan fingerprint density at radius 2 is 1.70 bits per heavy atom. The van der Waals surface area contributed by atoms with Gasteiger partial charge in [-0.3, -0.25) is 9.79 Å². The second-order valence-electron chi connectivity index (χ2n) is 8.81. The molecule has 1 aliphatic rings. The van der Waals surface area contributed by atoms with Crippen LogP contribution in [-0.2, 0) is 0 Å². The van der Waals surface area contributed by atoms with Crippen molar-refractivity contribution >= 4 is 22.4 Å². The number of carbonyl (C=O) groups is 1. The molecule has 1 saturated heterocycles. The molecule has 0 unspecified atom stereocenters. The zero-order chi connectivity index (χ0) is 22.9. The monoisotopic (exact) mass is 440 g/mol. The number of nitrogens with one attached hydrogen (secondary N) is 1. The number of hydrogen-bond donors (Lipinski definition) is 2. The average Bonchev–Trinajstić information content (AvgIpc) is 3.46. The van der Waals surface area contributed by atoms with E-state index in [2.05, 4.69) is 45.8 Å². The van der Waals surface area contributed by atoms with E-state index in [1.165, 1.54) is 0 Å². The summed E-state index contributed by atoms with van der Waals surface area (Å²) in [6.45, 7) is 3.56. The second-order valence-corrected chi connectivity index (χ2v) is 8.81. The van der Waals surface area contributed by atoms with Gasteiger partial charge in [-0.25, -0.2) is 0 Å². The van der Waals surface area contributed by atoms with Gasteiger partial charge in [0.25, 0.3) is 0 Å². The van der Waals surface area contributed by atoms with Crippen molar-refractivity contribution in [2.45, 2.75) is 25.8 Å². The molecule has 6 nitrogen and oxygen atoms in total. The molecular weight excluding hydrogens is 412 g/mol. The zero-order valence-corrected chi connectivity index (χ0v) is 19.0.